The Kier molecular flexibility index (Phi) is 4.66. The zero-order valence-electron chi connectivity index (χ0n) is 14.1. The van der Waals surface area contributed by atoms with Crippen molar-refractivity contribution in [1.82, 2.24) is 14.7 Å². The normalized spacial score (nSPS) is 18.0. The van der Waals surface area contributed by atoms with Gasteiger partial charge in [-0.25, -0.2) is 9.07 Å². The number of hydrogen-bond donors (Lipinski definition) is 1. The molecule has 2 aromatic rings. The smallest absolute Gasteiger partial charge is 0.254 e. The van der Waals surface area contributed by atoms with Crippen molar-refractivity contribution in [3.05, 3.63) is 47.0 Å². The molecule has 1 atom stereocenters. The van der Waals surface area contributed by atoms with Crippen molar-refractivity contribution < 1.29 is 9.18 Å². The van der Waals surface area contributed by atoms with Gasteiger partial charge in [-0.15, -0.1) is 0 Å². The van der Waals surface area contributed by atoms with Gasteiger partial charge in [0.2, 0.25) is 0 Å². The molecule has 1 fully saturated rings. The lowest BCUT2D eigenvalue weighted by atomic mass is 10.0. The number of carbonyl (C=O) groups is 1. The van der Waals surface area contributed by atoms with E-state index in [-0.39, 0.29) is 11.9 Å². The Morgan fingerprint density at radius 1 is 1.33 bits per heavy atom. The van der Waals surface area contributed by atoms with E-state index in [0.717, 1.165) is 30.7 Å². The fourth-order valence-corrected chi connectivity index (χ4v) is 3.36. The van der Waals surface area contributed by atoms with Crippen LogP contribution in [0.4, 0.5) is 4.39 Å². The highest BCUT2D eigenvalue weighted by Gasteiger charge is 2.27. The Labute approximate surface area is 141 Å². The van der Waals surface area contributed by atoms with Crippen molar-refractivity contribution in [2.75, 3.05) is 13.1 Å². The Balaban J connectivity index is 1.89. The number of piperidine rings is 1. The largest absolute Gasteiger partial charge is 0.334 e. The monoisotopic (exact) mass is 330 g/mol. The molecule has 0 bridgehead atoms. The van der Waals surface area contributed by atoms with Crippen LogP contribution in [0.2, 0.25) is 0 Å². The Morgan fingerprint density at radius 3 is 2.75 bits per heavy atom. The third-order valence-corrected chi connectivity index (χ3v) is 4.59. The van der Waals surface area contributed by atoms with E-state index in [0.29, 0.717) is 24.3 Å². The van der Waals surface area contributed by atoms with Crippen LogP contribution >= 0.6 is 0 Å². The number of benzene rings is 1. The van der Waals surface area contributed by atoms with E-state index in [1.807, 2.05) is 19.9 Å². The molecule has 0 radical (unpaired) electrons. The van der Waals surface area contributed by atoms with E-state index >= 15 is 0 Å². The van der Waals surface area contributed by atoms with Crippen LogP contribution in [-0.4, -0.2) is 39.7 Å². The number of amides is 1. The van der Waals surface area contributed by atoms with Crippen LogP contribution in [0.1, 0.15) is 41.0 Å². The third kappa shape index (κ3) is 3.06. The first-order valence-electron chi connectivity index (χ1n) is 8.35. The second-order valence-corrected chi connectivity index (χ2v) is 6.39. The molecule has 5 nitrogen and oxygen atoms in total. The number of carbonyl (C=O) groups excluding carboxylic acids is 1. The molecular weight excluding hydrogens is 307 g/mol. The summed E-state index contributed by atoms with van der Waals surface area (Å²) in [4.78, 5) is 14.5. The lowest BCUT2D eigenvalue weighted by Crippen LogP contribution is -2.47. The van der Waals surface area contributed by atoms with Gasteiger partial charge in [-0.3, -0.25) is 4.79 Å². The molecule has 1 amide bonds. The maximum Gasteiger partial charge on any atom is 0.254 e. The van der Waals surface area contributed by atoms with Crippen LogP contribution in [0.25, 0.3) is 5.69 Å². The van der Waals surface area contributed by atoms with Crippen molar-refractivity contribution in [3.8, 4) is 5.69 Å². The lowest BCUT2D eigenvalue weighted by Gasteiger charge is -2.35. The summed E-state index contributed by atoms with van der Waals surface area (Å²) in [7, 11) is 0. The van der Waals surface area contributed by atoms with Crippen molar-refractivity contribution in [3.63, 3.8) is 0 Å². The minimum Gasteiger partial charge on any atom is -0.334 e. The minimum absolute atomic E-state index is 0.0463. The van der Waals surface area contributed by atoms with E-state index in [2.05, 4.69) is 5.10 Å². The first-order chi connectivity index (χ1) is 11.5. The average Bonchev–Trinajstić information content (AvgIpc) is 2.92. The van der Waals surface area contributed by atoms with Gasteiger partial charge in [0.1, 0.15) is 11.5 Å². The van der Waals surface area contributed by atoms with E-state index in [1.165, 1.54) is 6.07 Å². The molecular formula is C18H23FN4O. The Hall–Kier alpha value is -2.21. The Bertz CT molecular complexity index is 755. The van der Waals surface area contributed by atoms with Crippen LogP contribution in [0, 0.1) is 19.7 Å². The maximum atomic E-state index is 14.6. The summed E-state index contributed by atoms with van der Waals surface area (Å²) in [6.45, 7) is 4.86. The number of nitrogens with zero attached hydrogens (tertiary/aromatic N) is 3. The molecule has 0 aliphatic carbocycles. The highest BCUT2D eigenvalue weighted by Crippen LogP contribution is 2.22. The number of nitrogens with two attached hydrogens (primary N) is 1. The van der Waals surface area contributed by atoms with Crippen LogP contribution in [-0.2, 0) is 0 Å². The number of hydrogen-bond acceptors (Lipinski definition) is 3. The van der Waals surface area contributed by atoms with Gasteiger partial charge in [0.05, 0.1) is 5.69 Å². The van der Waals surface area contributed by atoms with Gasteiger partial charge in [0, 0.05) is 30.4 Å². The van der Waals surface area contributed by atoms with Crippen LogP contribution in [0.3, 0.4) is 0 Å². The summed E-state index contributed by atoms with van der Waals surface area (Å²) >= 11 is 0. The SMILES string of the molecule is Cc1cc(C)n(-c2ccc(C(=O)N3CCCCC3CN)cc2F)n1. The molecule has 1 aromatic heterocycles. The van der Waals surface area contributed by atoms with Gasteiger partial charge in [-0.2, -0.15) is 5.10 Å². The van der Waals surface area contributed by atoms with Crippen molar-refractivity contribution in [2.24, 2.45) is 5.73 Å². The first kappa shape index (κ1) is 16.6. The van der Waals surface area contributed by atoms with Gasteiger partial charge in [0.25, 0.3) is 5.91 Å². The number of aryl methyl sites for hydroxylation is 2. The highest BCUT2D eigenvalue weighted by atomic mass is 19.1. The molecule has 6 heteroatoms. The second kappa shape index (κ2) is 6.73. The second-order valence-electron chi connectivity index (χ2n) is 6.39. The molecule has 24 heavy (non-hydrogen) atoms. The summed E-state index contributed by atoms with van der Waals surface area (Å²) in [6.07, 6.45) is 2.96. The molecule has 1 unspecified atom stereocenters. The van der Waals surface area contributed by atoms with Crippen LogP contribution in [0.5, 0.6) is 0 Å². The Morgan fingerprint density at radius 2 is 2.12 bits per heavy atom. The molecule has 1 aromatic carbocycles. The van der Waals surface area contributed by atoms with Crippen LogP contribution < -0.4 is 5.73 Å². The molecule has 0 spiro atoms. The van der Waals surface area contributed by atoms with Gasteiger partial charge in [0.15, 0.2) is 0 Å². The summed E-state index contributed by atoms with van der Waals surface area (Å²) in [5.41, 5.74) is 8.17. The molecule has 1 aliphatic heterocycles. The zero-order chi connectivity index (χ0) is 17.3. The van der Waals surface area contributed by atoms with Gasteiger partial charge < -0.3 is 10.6 Å². The topological polar surface area (TPSA) is 64.2 Å². The molecule has 2 N–H and O–H groups in total. The van der Waals surface area contributed by atoms with Crippen molar-refractivity contribution >= 4 is 5.91 Å². The summed E-state index contributed by atoms with van der Waals surface area (Å²) in [5.74, 6) is -0.600. The van der Waals surface area contributed by atoms with Gasteiger partial charge >= 0.3 is 0 Å². The van der Waals surface area contributed by atoms with Crippen molar-refractivity contribution in [1.29, 1.82) is 0 Å². The number of aromatic nitrogens is 2. The van der Waals surface area contributed by atoms with E-state index in [9.17, 15) is 9.18 Å². The predicted molar refractivity (Wildman–Crippen MR) is 90.7 cm³/mol. The fourth-order valence-electron chi connectivity index (χ4n) is 3.36. The lowest BCUT2D eigenvalue weighted by molar-refractivity contribution is 0.0623. The fraction of sp³-hybridized carbons (Fsp3) is 0.444. The van der Waals surface area contributed by atoms with Crippen molar-refractivity contribution in [2.45, 2.75) is 39.2 Å². The molecule has 1 saturated heterocycles. The minimum atomic E-state index is -0.451. The first-order valence-corrected chi connectivity index (χ1v) is 8.35. The van der Waals surface area contributed by atoms with E-state index < -0.39 is 5.82 Å². The molecule has 3 rings (SSSR count). The summed E-state index contributed by atoms with van der Waals surface area (Å²) in [5, 5.41) is 4.30. The summed E-state index contributed by atoms with van der Waals surface area (Å²) in [6, 6.07) is 6.52. The number of likely N-dealkylation sites (tertiary alicyclic amines) is 1. The zero-order valence-corrected chi connectivity index (χ0v) is 14.1. The van der Waals surface area contributed by atoms with E-state index in [4.69, 9.17) is 5.73 Å². The molecule has 128 valence electrons. The van der Waals surface area contributed by atoms with Gasteiger partial charge in [-0.1, -0.05) is 0 Å². The van der Waals surface area contributed by atoms with Gasteiger partial charge in [-0.05, 0) is 57.4 Å². The van der Waals surface area contributed by atoms with E-state index in [1.54, 1.807) is 21.7 Å². The molecule has 2 heterocycles. The number of halogens is 1. The molecule has 1 aliphatic rings. The number of rotatable bonds is 3. The highest BCUT2D eigenvalue weighted by molar-refractivity contribution is 5.94. The predicted octanol–water partition coefficient (Wildman–Crippen LogP) is 2.58. The summed E-state index contributed by atoms with van der Waals surface area (Å²) < 4.78 is 16.1. The average molecular weight is 330 g/mol. The maximum absolute atomic E-state index is 14.6. The molecule has 0 saturated carbocycles. The standard InChI is InChI=1S/C18H23FN4O/c1-12-9-13(2)23(21-12)17-7-6-14(10-16(17)19)18(24)22-8-4-3-5-15(22)11-20/h6-7,9-10,15H,3-5,8,11,20H2,1-2H3. The van der Waals surface area contributed by atoms with Crippen LogP contribution in [0.15, 0.2) is 24.3 Å². The quantitative estimate of drug-likeness (QED) is 0.941. The third-order valence-electron chi connectivity index (χ3n) is 4.59.